The van der Waals surface area contributed by atoms with Gasteiger partial charge in [-0.2, -0.15) is 9.78 Å². The Hall–Kier alpha value is -2.95. The Morgan fingerprint density at radius 2 is 2.20 bits per heavy atom. The van der Waals surface area contributed by atoms with Gasteiger partial charge in [0.25, 0.3) is 10.0 Å². The molecule has 0 saturated heterocycles. The number of sulfonamides is 1. The van der Waals surface area contributed by atoms with E-state index in [4.69, 9.17) is 4.74 Å². The van der Waals surface area contributed by atoms with Crippen LogP contribution in [0.5, 0.6) is 5.88 Å². The van der Waals surface area contributed by atoms with Gasteiger partial charge in [0.2, 0.25) is 5.88 Å². The van der Waals surface area contributed by atoms with Crippen molar-refractivity contribution in [2.24, 2.45) is 0 Å². The first kappa shape index (κ1) is 15.6. The maximum atomic E-state index is 12.7. The average Bonchev–Trinajstić information content (AvgIpc) is 3.21. The standard InChI is InChI=1S/C14H15N7O3S/c1-10-16-18-19-21(10)12-5-2-4-11(8-12)17-25(22,23)13-9-15-20-6-3-7-24-14(13)20/h2,4-5,8-9,17H,3,6-7H2,1H3. The van der Waals surface area contributed by atoms with Crippen molar-refractivity contribution in [1.82, 2.24) is 30.0 Å². The molecule has 1 aliphatic heterocycles. The topological polar surface area (TPSA) is 117 Å². The first-order valence-electron chi connectivity index (χ1n) is 7.61. The highest BCUT2D eigenvalue weighted by Gasteiger charge is 2.26. The van der Waals surface area contributed by atoms with E-state index in [1.54, 1.807) is 35.9 Å². The molecular weight excluding hydrogens is 346 g/mol. The summed E-state index contributed by atoms with van der Waals surface area (Å²) >= 11 is 0. The number of nitrogens with one attached hydrogen (secondary N) is 1. The SMILES string of the molecule is Cc1nnnn1-c1cccc(NS(=O)(=O)c2cnn3c2OCCC3)c1. The van der Waals surface area contributed by atoms with Gasteiger partial charge in [0, 0.05) is 13.0 Å². The smallest absolute Gasteiger partial charge is 0.268 e. The van der Waals surface area contributed by atoms with Crippen LogP contribution in [0.25, 0.3) is 5.69 Å². The van der Waals surface area contributed by atoms with Crippen LogP contribution in [-0.4, -0.2) is 45.0 Å². The van der Waals surface area contributed by atoms with E-state index in [0.29, 0.717) is 30.4 Å². The van der Waals surface area contributed by atoms with E-state index < -0.39 is 10.0 Å². The third kappa shape index (κ3) is 2.82. The van der Waals surface area contributed by atoms with Gasteiger partial charge in [-0.05, 0) is 35.5 Å². The zero-order valence-electron chi connectivity index (χ0n) is 13.3. The minimum absolute atomic E-state index is 0.0243. The van der Waals surface area contributed by atoms with Crippen LogP contribution < -0.4 is 9.46 Å². The second kappa shape index (κ2) is 5.84. The molecule has 130 valence electrons. The maximum Gasteiger partial charge on any atom is 0.268 e. The lowest BCUT2D eigenvalue weighted by Crippen LogP contribution is -2.18. The molecule has 0 atom stereocenters. The normalized spacial score (nSPS) is 14.0. The largest absolute Gasteiger partial charge is 0.477 e. The van der Waals surface area contributed by atoms with Gasteiger partial charge in [0.05, 0.1) is 24.2 Å². The average molecular weight is 361 g/mol. The monoisotopic (exact) mass is 361 g/mol. The fraction of sp³-hybridized carbons (Fsp3) is 0.286. The molecule has 3 heterocycles. The molecule has 0 spiro atoms. The van der Waals surface area contributed by atoms with Gasteiger partial charge in [-0.15, -0.1) is 5.10 Å². The Morgan fingerprint density at radius 1 is 1.32 bits per heavy atom. The van der Waals surface area contributed by atoms with Crippen LogP contribution in [0.15, 0.2) is 35.4 Å². The summed E-state index contributed by atoms with van der Waals surface area (Å²) in [5.74, 6) is 0.866. The van der Waals surface area contributed by atoms with E-state index >= 15 is 0 Å². The number of anilines is 1. The fourth-order valence-electron chi connectivity index (χ4n) is 2.61. The highest BCUT2D eigenvalue weighted by atomic mass is 32.2. The van der Waals surface area contributed by atoms with Gasteiger partial charge in [-0.25, -0.2) is 13.1 Å². The summed E-state index contributed by atoms with van der Waals surface area (Å²) in [5, 5.41) is 15.4. The number of ether oxygens (including phenoxy) is 1. The van der Waals surface area contributed by atoms with E-state index in [2.05, 4.69) is 25.3 Å². The first-order valence-corrected chi connectivity index (χ1v) is 9.10. The van der Waals surface area contributed by atoms with Crippen molar-refractivity contribution < 1.29 is 13.2 Å². The van der Waals surface area contributed by atoms with Crippen molar-refractivity contribution >= 4 is 15.7 Å². The van der Waals surface area contributed by atoms with Gasteiger partial charge in [0.1, 0.15) is 0 Å². The summed E-state index contributed by atoms with van der Waals surface area (Å²) in [6.07, 6.45) is 2.10. The number of fused-ring (bicyclic) bond motifs is 1. The summed E-state index contributed by atoms with van der Waals surface area (Å²) in [4.78, 5) is 0.0243. The fourth-order valence-corrected chi connectivity index (χ4v) is 3.74. The molecule has 0 radical (unpaired) electrons. The van der Waals surface area contributed by atoms with E-state index in [-0.39, 0.29) is 10.8 Å². The summed E-state index contributed by atoms with van der Waals surface area (Å²) in [5.41, 5.74) is 1.04. The van der Waals surface area contributed by atoms with E-state index in [1.807, 2.05) is 0 Å². The number of nitrogens with zero attached hydrogens (tertiary/aromatic N) is 6. The van der Waals surface area contributed by atoms with Crippen LogP contribution in [0.1, 0.15) is 12.2 Å². The molecule has 1 aromatic carbocycles. The van der Waals surface area contributed by atoms with Crippen LogP contribution >= 0.6 is 0 Å². The molecule has 4 rings (SSSR count). The van der Waals surface area contributed by atoms with Gasteiger partial charge >= 0.3 is 0 Å². The lowest BCUT2D eigenvalue weighted by atomic mass is 10.3. The first-order chi connectivity index (χ1) is 12.0. The van der Waals surface area contributed by atoms with Crippen molar-refractivity contribution in [2.75, 3.05) is 11.3 Å². The minimum atomic E-state index is -3.83. The number of aromatic nitrogens is 6. The molecule has 0 fully saturated rings. The second-order valence-electron chi connectivity index (χ2n) is 5.53. The molecular formula is C14H15N7O3S. The molecule has 0 unspecified atom stereocenters. The van der Waals surface area contributed by atoms with E-state index in [0.717, 1.165) is 6.42 Å². The van der Waals surface area contributed by atoms with E-state index in [9.17, 15) is 8.42 Å². The molecule has 2 aromatic heterocycles. The number of tetrazole rings is 1. The highest BCUT2D eigenvalue weighted by Crippen LogP contribution is 2.28. The van der Waals surface area contributed by atoms with Crippen LogP contribution in [0.4, 0.5) is 5.69 Å². The number of aryl methyl sites for hydroxylation is 2. The maximum absolute atomic E-state index is 12.7. The molecule has 3 aromatic rings. The molecule has 0 aliphatic carbocycles. The Morgan fingerprint density at radius 3 is 3.00 bits per heavy atom. The quantitative estimate of drug-likeness (QED) is 0.729. The van der Waals surface area contributed by atoms with Crippen LogP contribution in [-0.2, 0) is 16.6 Å². The Balaban J connectivity index is 1.66. The highest BCUT2D eigenvalue weighted by molar-refractivity contribution is 7.92. The summed E-state index contributed by atoms with van der Waals surface area (Å²) < 4.78 is 36.5. The molecule has 1 aliphatic rings. The summed E-state index contributed by atoms with van der Waals surface area (Å²) in [6.45, 7) is 2.87. The van der Waals surface area contributed by atoms with Crippen molar-refractivity contribution in [2.45, 2.75) is 24.8 Å². The van der Waals surface area contributed by atoms with Crippen LogP contribution in [0.2, 0.25) is 0 Å². The predicted octanol–water partition coefficient (Wildman–Crippen LogP) is 0.751. The van der Waals surface area contributed by atoms with Crippen molar-refractivity contribution in [3.05, 3.63) is 36.3 Å². The Kier molecular flexibility index (Phi) is 3.64. The van der Waals surface area contributed by atoms with Crippen molar-refractivity contribution in [3.8, 4) is 11.6 Å². The van der Waals surface area contributed by atoms with Crippen molar-refractivity contribution in [1.29, 1.82) is 0 Å². The van der Waals surface area contributed by atoms with Gasteiger partial charge in [-0.1, -0.05) is 6.07 Å². The zero-order chi connectivity index (χ0) is 17.4. The molecule has 10 nitrogen and oxygen atoms in total. The third-order valence-corrected chi connectivity index (χ3v) is 5.13. The molecule has 1 N–H and O–H groups in total. The summed E-state index contributed by atoms with van der Waals surface area (Å²) in [7, 11) is -3.83. The molecule has 0 bridgehead atoms. The number of hydrogen-bond acceptors (Lipinski definition) is 7. The van der Waals surface area contributed by atoms with Crippen molar-refractivity contribution in [3.63, 3.8) is 0 Å². The second-order valence-corrected chi connectivity index (χ2v) is 7.18. The van der Waals surface area contributed by atoms with Crippen LogP contribution in [0, 0.1) is 6.92 Å². The Bertz CT molecular complexity index is 1020. The molecule has 0 amide bonds. The summed E-state index contributed by atoms with van der Waals surface area (Å²) in [6, 6.07) is 6.81. The third-order valence-electron chi connectivity index (χ3n) is 3.77. The molecule has 25 heavy (non-hydrogen) atoms. The zero-order valence-corrected chi connectivity index (χ0v) is 14.1. The van der Waals surface area contributed by atoms with Gasteiger partial charge < -0.3 is 4.74 Å². The van der Waals surface area contributed by atoms with Gasteiger partial charge in [0.15, 0.2) is 10.7 Å². The Labute approximate surface area is 143 Å². The number of benzene rings is 1. The number of rotatable bonds is 4. The lowest BCUT2D eigenvalue weighted by molar-refractivity contribution is 0.224. The number of hydrogen-bond donors (Lipinski definition) is 1. The van der Waals surface area contributed by atoms with Crippen LogP contribution in [0.3, 0.4) is 0 Å². The molecule has 11 heteroatoms. The van der Waals surface area contributed by atoms with Gasteiger partial charge in [-0.3, -0.25) is 4.72 Å². The molecule has 0 saturated carbocycles. The predicted molar refractivity (Wildman–Crippen MR) is 87.0 cm³/mol. The minimum Gasteiger partial charge on any atom is -0.477 e. The van der Waals surface area contributed by atoms with E-state index in [1.165, 1.54) is 10.9 Å². The lowest BCUT2D eigenvalue weighted by Gasteiger charge is -2.16.